The molecule has 2 amide bonds. The second-order valence-corrected chi connectivity index (χ2v) is 4.10. The molecule has 1 saturated heterocycles. The minimum atomic E-state index is -0.636. The Morgan fingerprint density at radius 2 is 1.89 bits per heavy atom. The summed E-state index contributed by atoms with van der Waals surface area (Å²) in [7, 11) is 1.31. The van der Waals surface area contributed by atoms with Gasteiger partial charge in [-0.05, 0) is 6.07 Å². The fourth-order valence-corrected chi connectivity index (χ4v) is 1.94. The summed E-state index contributed by atoms with van der Waals surface area (Å²) in [6.45, 7) is 1.47. The summed E-state index contributed by atoms with van der Waals surface area (Å²) < 4.78 is 18.1. The van der Waals surface area contributed by atoms with Crippen molar-refractivity contribution in [2.24, 2.45) is 0 Å². The molecule has 19 heavy (non-hydrogen) atoms. The lowest BCUT2D eigenvalue weighted by Gasteiger charge is -2.33. The van der Waals surface area contributed by atoms with Gasteiger partial charge in [-0.2, -0.15) is 0 Å². The third kappa shape index (κ3) is 2.81. The first-order chi connectivity index (χ1) is 9.13. The Hall–Kier alpha value is -2.18. The maximum Gasteiger partial charge on any atom is 0.409 e. The van der Waals surface area contributed by atoms with Crippen LogP contribution in [-0.4, -0.2) is 60.1 Å². The molecule has 2 rings (SSSR count). The predicted molar refractivity (Wildman–Crippen MR) is 64.1 cm³/mol. The lowest BCUT2D eigenvalue weighted by molar-refractivity contribution is 0.0595. The zero-order chi connectivity index (χ0) is 13.8. The number of carbonyl (C=O) groups is 2. The first-order valence-electron chi connectivity index (χ1n) is 5.85. The molecule has 0 aliphatic carbocycles. The molecule has 0 saturated carbocycles. The topological polar surface area (TPSA) is 62.7 Å². The molecule has 0 unspecified atom stereocenters. The summed E-state index contributed by atoms with van der Waals surface area (Å²) in [5, 5.41) is 0. The third-order valence-corrected chi connectivity index (χ3v) is 3.00. The summed E-state index contributed by atoms with van der Waals surface area (Å²) in [4.78, 5) is 30.0. The molecule has 0 aromatic carbocycles. The van der Waals surface area contributed by atoms with Gasteiger partial charge in [0.25, 0.3) is 5.91 Å². The second-order valence-electron chi connectivity index (χ2n) is 4.10. The van der Waals surface area contributed by atoms with Crippen molar-refractivity contribution in [3.05, 3.63) is 29.8 Å². The van der Waals surface area contributed by atoms with Crippen molar-refractivity contribution in [3.8, 4) is 0 Å². The monoisotopic (exact) mass is 267 g/mol. The maximum absolute atomic E-state index is 13.5. The summed E-state index contributed by atoms with van der Waals surface area (Å²) in [5.74, 6) is -1.02. The molecule has 1 aromatic rings. The van der Waals surface area contributed by atoms with Crippen molar-refractivity contribution in [2.75, 3.05) is 33.3 Å². The van der Waals surface area contributed by atoms with Crippen molar-refractivity contribution in [1.29, 1.82) is 0 Å². The Morgan fingerprint density at radius 1 is 1.26 bits per heavy atom. The van der Waals surface area contributed by atoms with E-state index in [-0.39, 0.29) is 11.5 Å². The van der Waals surface area contributed by atoms with Crippen LogP contribution in [0.5, 0.6) is 0 Å². The van der Waals surface area contributed by atoms with Crippen molar-refractivity contribution >= 4 is 12.0 Å². The summed E-state index contributed by atoms with van der Waals surface area (Å²) in [5.41, 5.74) is 0.00141. The number of rotatable bonds is 1. The van der Waals surface area contributed by atoms with E-state index >= 15 is 0 Å². The molecule has 0 radical (unpaired) electrons. The number of nitrogens with zero attached hydrogens (tertiary/aromatic N) is 3. The highest BCUT2D eigenvalue weighted by atomic mass is 19.1. The van der Waals surface area contributed by atoms with Gasteiger partial charge in [0, 0.05) is 32.4 Å². The highest BCUT2D eigenvalue weighted by Gasteiger charge is 2.26. The standard InChI is InChI=1S/C12H14FN3O3/c1-19-12(18)16-6-4-15(5-7-16)11(17)9-2-3-14-8-10(9)13/h2-3,8H,4-7H2,1H3. The molecule has 102 valence electrons. The SMILES string of the molecule is COC(=O)N1CCN(C(=O)c2ccncc2F)CC1. The van der Waals surface area contributed by atoms with Crippen LogP contribution >= 0.6 is 0 Å². The number of pyridine rings is 1. The molecule has 1 aliphatic heterocycles. The summed E-state index contributed by atoms with van der Waals surface area (Å²) in [6, 6.07) is 1.35. The number of aromatic nitrogens is 1. The first kappa shape index (κ1) is 13.3. The quantitative estimate of drug-likeness (QED) is 0.753. The average molecular weight is 267 g/mol. The van der Waals surface area contributed by atoms with Crippen molar-refractivity contribution in [2.45, 2.75) is 0 Å². The highest BCUT2D eigenvalue weighted by molar-refractivity contribution is 5.94. The number of hydrogen-bond acceptors (Lipinski definition) is 4. The van der Waals surface area contributed by atoms with Crippen LogP contribution in [-0.2, 0) is 4.74 Å². The molecule has 1 aliphatic rings. The van der Waals surface area contributed by atoms with Crippen LogP contribution < -0.4 is 0 Å². The summed E-state index contributed by atoms with van der Waals surface area (Å²) >= 11 is 0. The lowest BCUT2D eigenvalue weighted by atomic mass is 10.2. The normalized spacial score (nSPS) is 15.3. The number of carbonyl (C=O) groups excluding carboxylic acids is 2. The zero-order valence-electron chi connectivity index (χ0n) is 10.5. The number of piperazine rings is 1. The van der Waals surface area contributed by atoms with Gasteiger partial charge in [0.05, 0.1) is 18.9 Å². The Morgan fingerprint density at radius 3 is 2.47 bits per heavy atom. The van der Waals surface area contributed by atoms with Gasteiger partial charge in [-0.25, -0.2) is 9.18 Å². The van der Waals surface area contributed by atoms with Gasteiger partial charge in [-0.15, -0.1) is 0 Å². The minimum absolute atomic E-state index is 0.00141. The third-order valence-electron chi connectivity index (χ3n) is 3.00. The first-order valence-corrected chi connectivity index (χ1v) is 5.85. The van der Waals surface area contributed by atoms with Crippen LogP contribution in [0.4, 0.5) is 9.18 Å². The molecule has 1 aromatic heterocycles. The van der Waals surface area contributed by atoms with E-state index in [1.807, 2.05) is 0 Å². The molecular weight excluding hydrogens is 253 g/mol. The van der Waals surface area contributed by atoms with Gasteiger partial charge in [-0.3, -0.25) is 9.78 Å². The van der Waals surface area contributed by atoms with Crippen molar-refractivity contribution < 1.29 is 18.7 Å². The lowest BCUT2D eigenvalue weighted by Crippen LogP contribution is -2.50. The van der Waals surface area contributed by atoms with Crippen molar-refractivity contribution in [1.82, 2.24) is 14.8 Å². The van der Waals surface area contributed by atoms with Crippen LogP contribution in [0.2, 0.25) is 0 Å². The smallest absolute Gasteiger partial charge is 0.409 e. The molecule has 0 spiro atoms. The van der Waals surface area contributed by atoms with Gasteiger partial charge >= 0.3 is 6.09 Å². The Balaban J connectivity index is 2.00. The minimum Gasteiger partial charge on any atom is -0.453 e. The molecule has 7 heteroatoms. The zero-order valence-corrected chi connectivity index (χ0v) is 10.5. The van der Waals surface area contributed by atoms with E-state index in [2.05, 4.69) is 9.72 Å². The van der Waals surface area contributed by atoms with Crippen molar-refractivity contribution in [3.63, 3.8) is 0 Å². The second kappa shape index (κ2) is 5.64. The van der Waals surface area contributed by atoms with Crippen LogP contribution in [0.3, 0.4) is 0 Å². The molecular formula is C12H14FN3O3. The fourth-order valence-electron chi connectivity index (χ4n) is 1.94. The van der Waals surface area contributed by atoms with E-state index in [9.17, 15) is 14.0 Å². The van der Waals surface area contributed by atoms with E-state index in [1.165, 1.54) is 29.2 Å². The van der Waals surface area contributed by atoms with Gasteiger partial charge < -0.3 is 14.5 Å². The molecule has 2 heterocycles. The number of halogens is 1. The number of amides is 2. The van der Waals surface area contributed by atoms with E-state index < -0.39 is 11.9 Å². The van der Waals surface area contributed by atoms with Gasteiger partial charge in [0.15, 0.2) is 5.82 Å². The van der Waals surface area contributed by atoms with Crippen LogP contribution in [0.15, 0.2) is 18.5 Å². The Kier molecular flexibility index (Phi) is 3.94. The molecule has 0 N–H and O–H groups in total. The number of ether oxygens (including phenoxy) is 1. The van der Waals surface area contributed by atoms with Gasteiger partial charge in [-0.1, -0.05) is 0 Å². The Labute approximate surface area is 109 Å². The molecule has 1 fully saturated rings. The van der Waals surface area contributed by atoms with E-state index in [0.29, 0.717) is 26.2 Å². The highest BCUT2D eigenvalue weighted by Crippen LogP contribution is 2.11. The van der Waals surface area contributed by atoms with Gasteiger partial charge in [0.2, 0.25) is 0 Å². The van der Waals surface area contributed by atoms with Crippen LogP contribution in [0, 0.1) is 5.82 Å². The van der Waals surface area contributed by atoms with Crippen LogP contribution in [0.25, 0.3) is 0 Å². The van der Waals surface area contributed by atoms with Gasteiger partial charge in [0.1, 0.15) is 0 Å². The van der Waals surface area contributed by atoms with E-state index in [1.54, 1.807) is 0 Å². The Bertz CT molecular complexity index is 487. The number of hydrogen-bond donors (Lipinski definition) is 0. The maximum atomic E-state index is 13.5. The van der Waals surface area contributed by atoms with Crippen LogP contribution in [0.1, 0.15) is 10.4 Å². The fraction of sp³-hybridized carbons (Fsp3) is 0.417. The predicted octanol–water partition coefficient (Wildman–Crippen LogP) is 0.745. The van der Waals surface area contributed by atoms with E-state index in [4.69, 9.17) is 0 Å². The molecule has 0 atom stereocenters. The summed E-state index contributed by atoms with van der Waals surface area (Å²) in [6.07, 6.45) is 1.97. The average Bonchev–Trinajstić information content (AvgIpc) is 2.46. The largest absolute Gasteiger partial charge is 0.453 e. The molecule has 0 bridgehead atoms. The van der Waals surface area contributed by atoms with E-state index in [0.717, 1.165) is 6.20 Å². The number of methoxy groups -OCH3 is 1. The molecule has 6 nitrogen and oxygen atoms in total.